The first-order chi connectivity index (χ1) is 11.4. The van der Waals surface area contributed by atoms with Crippen LogP contribution in [0.1, 0.15) is 5.69 Å². The highest BCUT2D eigenvalue weighted by Gasteiger charge is 2.19. The normalized spacial score (nSPS) is 11.5. The zero-order chi connectivity index (χ0) is 17.3. The highest BCUT2D eigenvalue weighted by atomic mass is 35.5. The standard InChI is InChI=1S/C16H13ClFN3O2S/c1-11-9-16(21(19-11)12-5-3-2-4-6-12)20-24(22,23)13-7-8-15(18)14(17)10-13/h2-10,20H,1H3. The first-order valence-electron chi connectivity index (χ1n) is 6.97. The molecule has 1 aromatic heterocycles. The van der Waals surface area contributed by atoms with Crippen LogP contribution in [-0.4, -0.2) is 18.2 Å². The first-order valence-corrected chi connectivity index (χ1v) is 8.83. The minimum Gasteiger partial charge on any atom is -0.263 e. The second-order valence-corrected chi connectivity index (χ2v) is 7.19. The molecule has 0 fully saturated rings. The van der Waals surface area contributed by atoms with E-state index in [1.54, 1.807) is 25.1 Å². The molecule has 3 aromatic rings. The van der Waals surface area contributed by atoms with Gasteiger partial charge in [0.15, 0.2) is 0 Å². The number of aromatic nitrogens is 2. The van der Waals surface area contributed by atoms with Gasteiger partial charge >= 0.3 is 0 Å². The summed E-state index contributed by atoms with van der Waals surface area (Å²) in [5.74, 6) is -0.403. The lowest BCUT2D eigenvalue weighted by atomic mass is 10.3. The summed E-state index contributed by atoms with van der Waals surface area (Å²) in [4.78, 5) is -0.132. The quantitative estimate of drug-likeness (QED) is 0.765. The van der Waals surface area contributed by atoms with E-state index in [0.717, 1.165) is 18.2 Å². The molecule has 1 heterocycles. The van der Waals surface area contributed by atoms with Crippen molar-refractivity contribution in [2.45, 2.75) is 11.8 Å². The number of sulfonamides is 1. The lowest BCUT2D eigenvalue weighted by Gasteiger charge is -2.11. The van der Waals surface area contributed by atoms with Crippen molar-refractivity contribution in [1.82, 2.24) is 9.78 Å². The molecule has 24 heavy (non-hydrogen) atoms. The minimum absolute atomic E-state index is 0.132. The van der Waals surface area contributed by atoms with Crippen molar-refractivity contribution in [1.29, 1.82) is 0 Å². The van der Waals surface area contributed by atoms with Crippen molar-refractivity contribution in [3.8, 4) is 5.69 Å². The van der Waals surface area contributed by atoms with E-state index in [4.69, 9.17) is 11.6 Å². The third kappa shape index (κ3) is 3.27. The van der Waals surface area contributed by atoms with Gasteiger partial charge in [-0.1, -0.05) is 29.8 Å². The average molecular weight is 366 g/mol. The number of para-hydroxylation sites is 1. The Labute approximate surface area is 143 Å². The molecule has 0 unspecified atom stereocenters. The summed E-state index contributed by atoms with van der Waals surface area (Å²) < 4.78 is 42.2. The average Bonchev–Trinajstić information content (AvgIpc) is 2.90. The zero-order valence-corrected chi connectivity index (χ0v) is 14.1. The van der Waals surface area contributed by atoms with Gasteiger partial charge in [-0.3, -0.25) is 4.72 Å². The minimum atomic E-state index is -3.93. The molecule has 0 bridgehead atoms. The second-order valence-electron chi connectivity index (χ2n) is 5.10. The van der Waals surface area contributed by atoms with Gasteiger partial charge in [-0.25, -0.2) is 17.5 Å². The Morgan fingerprint density at radius 2 is 1.83 bits per heavy atom. The van der Waals surface area contributed by atoms with Crippen LogP contribution in [0.2, 0.25) is 5.02 Å². The van der Waals surface area contributed by atoms with Crippen LogP contribution >= 0.6 is 11.6 Å². The number of halogens is 2. The predicted molar refractivity (Wildman–Crippen MR) is 90.5 cm³/mol. The van der Waals surface area contributed by atoms with Crippen LogP contribution in [0.15, 0.2) is 59.5 Å². The van der Waals surface area contributed by atoms with Gasteiger partial charge in [0.2, 0.25) is 0 Å². The second kappa shape index (κ2) is 6.26. The lowest BCUT2D eigenvalue weighted by Crippen LogP contribution is -2.16. The number of rotatable bonds is 4. The van der Waals surface area contributed by atoms with Crippen LogP contribution in [-0.2, 0) is 10.0 Å². The van der Waals surface area contributed by atoms with Crippen LogP contribution in [0, 0.1) is 12.7 Å². The van der Waals surface area contributed by atoms with E-state index in [0.29, 0.717) is 11.4 Å². The largest absolute Gasteiger partial charge is 0.263 e. The maximum atomic E-state index is 13.2. The lowest BCUT2D eigenvalue weighted by molar-refractivity contribution is 0.599. The number of hydrogen-bond donors (Lipinski definition) is 1. The van der Waals surface area contributed by atoms with Crippen LogP contribution in [0.4, 0.5) is 10.2 Å². The fourth-order valence-corrected chi connectivity index (χ4v) is 3.48. The van der Waals surface area contributed by atoms with E-state index in [2.05, 4.69) is 9.82 Å². The molecule has 0 saturated heterocycles. The monoisotopic (exact) mass is 365 g/mol. The third-order valence-corrected chi connectivity index (χ3v) is 4.91. The number of hydrogen-bond acceptors (Lipinski definition) is 3. The van der Waals surface area contributed by atoms with Gasteiger partial charge in [0.05, 0.1) is 21.3 Å². The SMILES string of the molecule is Cc1cc(NS(=O)(=O)c2ccc(F)c(Cl)c2)n(-c2ccccc2)n1. The summed E-state index contributed by atoms with van der Waals surface area (Å²) in [5, 5.41) is 4.04. The van der Waals surface area contributed by atoms with Crippen molar-refractivity contribution in [2.24, 2.45) is 0 Å². The molecule has 0 aliphatic heterocycles. The summed E-state index contributed by atoms with van der Waals surface area (Å²) in [5.41, 5.74) is 1.36. The van der Waals surface area contributed by atoms with E-state index in [9.17, 15) is 12.8 Å². The third-order valence-electron chi connectivity index (χ3n) is 3.27. The fraction of sp³-hybridized carbons (Fsp3) is 0.0625. The maximum Gasteiger partial charge on any atom is 0.263 e. The van der Waals surface area contributed by atoms with Crippen molar-refractivity contribution < 1.29 is 12.8 Å². The van der Waals surface area contributed by atoms with Gasteiger partial charge in [-0.2, -0.15) is 5.10 Å². The topological polar surface area (TPSA) is 64.0 Å². The molecule has 0 radical (unpaired) electrons. The molecule has 2 aromatic carbocycles. The summed E-state index contributed by atoms with van der Waals surface area (Å²) in [6.07, 6.45) is 0. The zero-order valence-electron chi connectivity index (χ0n) is 12.6. The number of nitrogens with zero attached hydrogens (tertiary/aromatic N) is 2. The van der Waals surface area contributed by atoms with E-state index >= 15 is 0 Å². The number of anilines is 1. The molecule has 0 atom stereocenters. The Balaban J connectivity index is 2.00. The molecule has 0 aliphatic carbocycles. The number of nitrogens with one attached hydrogen (secondary N) is 1. The van der Waals surface area contributed by atoms with Gasteiger partial charge in [-0.15, -0.1) is 0 Å². The molecule has 124 valence electrons. The molecular weight excluding hydrogens is 353 g/mol. The molecule has 3 rings (SSSR count). The summed E-state index contributed by atoms with van der Waals surface area (Å²) >= 11 is 5.67. The van der Waals surface area contributed by atoms with Crippen LogP contribution < -0.4 is 4.72 Å². The van der Waals surface area contributed by atoms with Gasteiger partial charge in [-0.05, 0) is 37.3 Å². The van der Waals surface area contributed by atoms with Crippen molar-refractivity contribution in [3.05, 3.63) is 71.1 Å². The van der Waals surface area contributed by atoms with Crippen LogP contribution in [0.3, 0.4) is 0 Å². The summed E-state index contributed by atoms with van der Waals surface area (Å²) in [6.45, 7) is 1.76. The Morgan fingerprint density at radius 3 is 2.50 bits per heavy atom. The van der Waals surface area contributed by atoms with Crippen LogP contribution in [0.5, 0.6) is 0 Å². The molecule has 0 aliphatic rings. The molecule has 8 heteroatoms. The van der Waals surface area contributed by atoms with Gasteiger partial charge in [0.25, 0.3) is 10.0 Å². The molecule has 0 spiro atoms. The summed E-state index contributed by atoms with van der Waals surface area (Å²) in [6, 6.07) is 13.9. The Hall–Kier alpha value is -2.38. The van der Waals surface area contributed by atoms with Crippen molar-refractivity contribution >= 4 is 27.4 Å². The molecule has 0 amide bonds. The fourth-order valence-electron chi connectivity index (χ4n) is 2.18. The van der Waals surface area contributed by atoms with Crippen molar-refractivity contribution in [3.63, 3.8) is 0 Å². The molecule has 1 N–H and O–H groups in total. The number of benzene rings is 2. The number of aryl methyl sites for hydroxylation is 1. The molecule has 5 nitrogen and oxygen atoms in total. The highest BCUT2D eigenvalue weighted by Crippen LogP contribution is 2.23. The predicted octanol–water partition coefficient (Wildman–Crippen LogP) is 3.77. The first kappa shape index (κ1) is 16.5. The Morgan fingerprint density at radius 1 is 1.12 bits per heavy atom. The molecule has 0 saturated carbocycles. The smallest absolute Gasteiger partial charge is 0.263 e. The summed E-state index contributed by atoms with van der Waals surface area (Å²) in [7, 11) is -3.93. The maximum absolute atomic E-state index is 13.2. The van der Waals surface area contributed by atoms with Crippen molar-refractivity contribution in [2.75, 3.05) is 4.72 Å². The molecular formula is C16H13ClFN3O2S. The van der Waals surface area contributed by atoms with E-state index in [1.165, 1.54) is 4.68 Å². The van der Waals surface area contributed by atoms with Gasteiger partial charge in [0, 0.05) is 6.07 Å². The Kier molecular flexibility index (Phi) is 4.29. The van der Waals surface area contributed by atoms with E-state index < -0.39 is 15.8 Å². The highest BCUT2D eigenvalue weighted by molar-refractivity contribution is 7.92. The van der Waals surface area contributed by atoms with Crippen LogP contribution in [0.25, 0.3) is 5.69 Å². The van der Waals surface area contributed by atoms with E-state index in [1.807, 2.05) is 18.2 Å². The Bertz CT molecular complexity index is 988. The van der Waals surface area contributed by atoms with Gasteiger partial charge < -0.3 is 0 Å². The van der Waals surface area contributed by atoms with Gasteiger partial charge in [0.1, 0.15) is 11.6 Å². The van der Waals surface area contributed by atoms with E-state index in [-0.39, 0.29) is 15.7 Å².